The highest BCUT2D eigenvalue weighted by molar-refractivity contribution is 9.12. The average Bonchev–Trinajstić information content (AvgIpc) is 3.04. The number of fused-ring (bicyclic) bond motifs is 3. The Bertz CT molecular complexity index is 1250. The number of ketones is 2. The third kappa shape index (κ3) is 3.20. The van der Waals surface area contributed by atoms with E-state index in [1.807, 2.05) is 25.1 Å². The first-order valence-electron chi connectivity index (χ1n) is 11.7. The summed E-state index contributed by atoms with van der Waals surface area (Å²) < 4.78 is 0.217. The fourth-order valence-corrected chi connectivity index (χ4v) is 6.70. The predicted octanol–water partition coefficient (Wildman–Crippen LogP) is 4.18. The second-order valence-corrected chi connectivity index (χ2v) is 10.6. The third-order valence-electron chi connectivity index (χ3n) is 7.72. The van der Waals surface area contributed by atoms with Crippen molar-refractivity contribution in [2.45, 2.75) is 46.0 Å². The van der Waals surface area contributed by atoms with Gasteiger partial charge in [-0.3, -0.25) is 24.1 Å². The van der Waals surface area contributed by atoms with Gasteiger partial charge >= 0.3 is 0 Å². The van der Waals surface area contributed by atoms with E-state index < -0.39 is 17.8 Å². The number of Topliss-reactive ketones (excluding diaryl/α,β-unsaturated/α-hetero) is 1. The second kappa shape index (κ2) is 8.15. The summed E-state index contributed by atoms with van der Waals surface area (Å²) in [5, 5.41) is 10.3. The van der Waals surface area contributed by atoms with E-state index in [1.165, 1.54) is 11.0 Å². The Morgan fingerprint density at radius 3 is 2.38 bits per heavy atom. The molecule has 0 aromatic heterocycles. The van der Waals surface area contributed by atoms with E-state index in [1.54, 1.807) is 13.8 Å². The van der Waals surface area contributed by atoms with Crippen molar-refractivity contribution in [3.63, 3.8) is 0 Å². The number of phenolic OH excluding ortho intramolecular Hbond substituents is 1. The van der Waals surface area contributed by atoms with Gasteiger partial charge in [-0.25, -0.2) is 0 Å². The zero-order chi connectivity index (χ0) is 24.5. The molecule has 34 heavy (non-hydrogen) atoms. The van der Waals surface area contributed by atoms with Gasteiger partial charge in [0.25, 0.3) is 0 Å². The van der Waals surface area contributed by atoms with Crippen molar-refractivity contribution in [1.29, 1.82) is 0 Å². The Morgan fingerprint density at radius 2 is 1.74 bits per heavy atom. The number of carbonyl (C=O) groups is 4. The van der Waals surface area contributed by atoms with Gasteiger partial charge in [0.15, 0.2) is 11.6 Å². The minimum Gasteiger partial charge on any atom is -0.507 e. The van der Waals surface area contributed by atoms with E-state index in [0.29, 0.717) is 41.7 Å². The summed E-state index contributed by atoms with van der Waals surface area (Å²) >= 11 is 3.24. The third-order valence-corrected chi connectivity index (χ3v) is 8.31. The lowest BCUT2D eigenvalue weighted by Gasteiger charge is -2.42. The number of phenols is 1. The number of hydrogen-bond acceptors (Lipinski definition) is 5. The van der Waals surface area contributed by atoms with Crippen LogP contribution in [0.3, 0.4) is 0 Å². The summed E-state index contributed by atoms with van der Waals surface area (Å²) in [6.45, 7) is 5.94. The smallest absolute Gasteiger partial charge is 0.233 e. The van der Waals surface area contributed by atoms with Crippen molar-refractivity contribution in [2.24, 2.45) is 17.8 Å². The van der Waals surface area contributed by atoms with Crippen LogP contribution in [-0.4, -0.2) is 39.9 Å². The van der Waals surface area contributed by atoms with Crippen LogP contribution in [0.15, 0.2) is 45.5 Å². The Kier molecular flexibility index (Phi) is 5.51. The SMILES string of the molecule is CCCN1C(=O)C2CC=C3C(c4cc(C)c(O)c(C)c4)C4=C(CC3C2C1=O)C(=O)C(Br)=CC4=O. The maximum Gasteiger partial charge on any atom is 0.233 e. The fraction of sp³-hybridized carbons (Fsp3) is 0.407. The standard InChI is InChI=1S/C27H26BrNO5/c1-4-7-29-26(33)16-6-5-15-17(22(16)27(29)34)10-18-23(20(30)11-19(28)25(18)32)21(15)14-8-12(2)24(31)13(3)9-14/h5,8-9,11,16-17,21-22,31H,4,6-7,10H2,1-3H3. The van der Waals surface area contributed by atoms with Crippen molar-refractivity contribution in [3.8, 4) is 5.75 Å². The van der Waals surface area contributed by atoms with Gasteiger partial charge < -0.3 is 5.11 Å². The largest absolute Gasteiger partial charge is 0.507 e. The highest BCUT2D eigenvalue weighted by Crippen LogP contribution is 2.55. The zero-order valence-corrected chi connectivity index (χ0v) is 20.9. The normalized spacial score (nSPS) is 28.5. The van der Waals surface area contributed by atoms with E-state index in [-0.39, 0.29) is 46.0 Å². The number of rotatable bonds is 3. The van der Waals surface area contributed by atoms with Crippen LogP contribution in [0.4, 0.5) is 0 Å². The van der Waals surface area contributed by atoms with Crippen molar-refractivity contribution in [3.05, 3.63) is 62.2 Å². The van der Waals surface area contributed by atoms with Crippen molar-refractivity contribution in [2.75, 3.05) is 6.54 Å². The monoisotopic (exact) mass is 523 g/mol. The number of hydrogen-bond donors (Lipinski definition) is 1. The maximum atomic E-state index is 13.4. The first-order valence-corrected chi connectivity index (χ1v) is 12.5. The Labute approximate surface area is 206 Å². The number of carbonyl (C=O) groups excluding carboxylic acids is 4. The summed E-state index contributed by atoms with van der Waals surface area (Å²) in [4.78, 5) is 54.3. The number of allylic oxidation sites excluding steroid dienone is 6. The predicted molar refractivity (Wildman–Crippen MR) is 129 cm³/mol. The molecule has 2 amide bonds. The van der Waals surface area contributed by atoms with E-state index in [0.717, 1.165) is 11.1 Å². The maximum absolute atomic E-state index is 13.4. The summed E-state index contributed by atoms with van der Waals surface area (Å²) in [7, 11) is 0. The van der Waals surface area contributed by atoms with E-state index in [9.17, 15) is 24.3 Å². The van der Waals surface area contributed by atoms with Gasteiger partial charge in [-0.15, -0.1) is 0 Å². The molecule has 1 aliphatic heterocycles. The fourth-order valence-electron chi connectivity index (χ4n) is 6.25. The molecular formula is C27H26BrNO5. The lowest BCUT2D eigenvalue weighted by Crippen LogP contribution is -2.39. The number of nitrogens with zero attached hydrogens (tertiary/aromatic N) is 1. The number of imide groups is 1. The molecule has 1 heterocycles. The number of amides is 2. The van der Waals surface area contributed by atoms with Crippen LogP contribution in [0.2, 0.25) is 0 Å². The summed E-state index contributed by atoms with van der Waals surface area (Å²) in [6, 6.07) is 3.70. The summed E-state index contributed by atoms with van der Waals surface area (Å²) in [6.07, 6.45) is 4.74. The van der Waals surface area contributed by atoms with Crippen LogP contribution < -0.4 is 0 Å². The van der Waals surface area contributed by atoms with E-state index >= 15 is 0 Å². The molecule has 7 heteroatoms. The van der Waals surface area contributed by atoms with Gasteiger partial charge in [0.2, 0.25) is 11.8 Å². The molecule has 1 N–H and O–H groups in total. The minimum absolute atomic E-state index is 0.132. The number of halogens is 1. The van der Waals surface area contributed by atoms with Gasteiger partial charge in [-0.1, -0.05) is 30.7 Å². The topological polar surface area (TPSA) is 91.8 Å². The molecule has 0 bridgehead atoms. The van der Waals surface area contributed by atoms with Crippen molar-refractivity contribution in [1.82, 2.24) is 4.90 Å². The number of benzene rings is 1. The Hall–Kier alpha value is -2.80. The van der Waals surface area contributed by atoms with Crippen LogP contribution in [0, 0.1) is 31.6 Å². The van der Waals surface area contributed by atoms with Gasteiger partial charge in [-0.2, -0.15) is 0 Å². The lowest BCUT2D eigenvalue weighted by molar-refractivity contribution is -0.140. The number of likely N-dealkylation sites (tertiary alicyclic amines) is 1. The summed E-state index contributed by atoms with van der Waals surface area (Å²) in [5.74, 6) is -2.34. The van der Waals surface area contributed by atoms with Gasteiger partial charge in [0.05, 0.1) is 16.3 Å². The molecule has 0 spiro atoms. The molecule has 6 nitrogen and oxygen atoms in total. The molecule has 176 valence electrons. The highest BCUT2D eigenvalue weighted by atomic mass is 79.9. The van der Waals surface area contributed by atoms with Crippen molar-refractivity contribution >= 4 is 39.3 Å². The van der Waals surface area contributed by atoms with Crippen LogP contribution in [0.5, 0.6) is 5.75 Å². The lowest BCUT2D eigenvalue weighted by atomic mass is 9.59. The number of aromatic hydroxyl groups is 1. The first kappa shape index (κ1) is 23.0. The number of aryl methyl sites for hydroxylation is 2. The molecular weight excluding hydrogens is 498 g/mol. The molecule has 4 unspecified atom stereocenters. The van der Waals surface area contributed by atoms with Crippen LogP contribution in [0.25, 0.3) is 0 Å². The quantitative estimate of drug-likeness (QED) is 0.364. The molecule has 3 aliphatic carbocycles. The van der Waals surface area contributed by atoms with Crippen LogP contribution in [-0.2, 0) is 19.2 Å². The molecule has 1 fully saturated rings. The molecule has 0 saturated carbocycles. The molecule has 1 saturated heterocycles. The zero-order valence-electron chi connectivity index (χ0n) is 19.4. The first-order chi connectivity index (χ1) is 16.1. The van der Waals surface area contributed by atoms with Gasteiger partial charge in [0.1, 0.15) is 5.75 Å². The molecule has 0 radical (unpaired) electrons. The van der Waals surface area contributed by atoms with E-state index in [2.05, 4.69) is 15.9 Å². The van der Waals surface area contributed by atoms with Gasteiger partial charge in [0, 0.05) is 29.7 Å². The Balaban J connectivity index is 1.70. The molecule has 1 aromatic carbocycles. The Morgan fingerprint density at radius 1 is 1.06 bits per heavy atom. The average molecular weight is 524 g/mol. The minimum atomic E-state index is -0.525. The molecule has 4 atom stereocenters. The molecule has 4 aliphatic rings. The molecule has 1 aromatic rings. The summed E-state index contributed by atoms with van der Waals surface area (Å²) in [5.41, 5.74) is 3.97. The van der Waals surface area contributed by atoms with E-state index in [4.69, 9.17) is 0 Å². The van der Waals surface area contributed by atoms with Crippen LogP contribution in [0.1, 0.15) is 48.8 Å². The highest BCUT2D eigenvalue weighted by Gasteiger charge is 2.56. The second-order valence-electron chi connectivity index (χ2n) is 9.73. The molecule has 5 rings (SSSR count). The van der Waals surface area contributed by atoms with Crippen LogP contribution >= 0.6 is 15.9 Å². The van der Waals surface area contributed by atoms with Gasteiger partial charge in [-0.05, 0) is 71.6 Å². The van der Waals surface area contributed by atoms with Crippen molar-refractivity contribution < 1.29 is 24.3 Å².